The number of carbonyl (C=O) groups excluding carboxylic acids is 1. The molecule has 4 rings (SSSR count). The number of hydrogen-bond acceptors (Lipinski definition) is 4. The quantitative estimate of drug-likeness (QED) is 0.476. The summed E-state index contributed by atoms with van der Waals surface area (Å²) in [6, 6.07) is 13.7. The molecule has 0 unspecified atom stereocenters. The predicted molar refractivity (Wildman–Crippen MR) is 107 cm³/mol. The Hall–Kier alpha value is -3.12. The van der Waals surface area contributed by atoms with Gasteiger partial charge in [0.05, 0.1) is 17.9 Å². The van der Waals surface area contributed by atoms with Crippen LogP contribution < -0.4 is 0 Å². The summed E-state index contributed by atoms with van der Waals surface area (Å²) in [4.78, 5) is 17.1. The number of aromatic nitrogens is 4. The fraction of sp³-hybridized carbons (Fsp3) is 0.190. The Morgan fingerprint density at radius 1 is 1.14 bits per heavy atom. The third-order valence-electron chi connectivity index (χ3n) is 4.52. The standard InChI is InChI=1S/C21H19ClN4O2/c1-14-7-6-10-25-12-17(23-20(14)25)13-28-21(27)18-15(2)24-26(19(18)22)11-16-8-4-3-5-9-16/h3-10,12H,11,13H2,1-2H3. The molecule has 0 N–H and O–H groups in total. The zero-order valence-electron chi connectivity index (χ0n) is 15.6. The van der Waals surface area contributed by atoms with E-state index in [1.165, 1.54) is 0 Å². The minimum absolute atomic E-state index is 0.0690. The largest absolute Gasteiger partial charge is 0.455 e. The molecule has 0 radical (unpaired) electrons. The number of aryl methyl sites for hydroxylation is 2. The number of fused-ring (bicyclic) bond motifs is 1. The van der Waals surface area contributed by atoms with E-state index in [0.717, 1.165) is 16.8 Å². The molecular weight excluding hydrogens is 376 g/mol. The van der Waals surface area contributed by atoms with E-state index in [1.807, 2.05) is 66.2 Å². The number of pyridine rings is 1. The van der Waals surface area contributed by atoms with Crippen molar-refractivity contribution in [2.45, 2.75) is 27.0 Å². The van der Waals surface area contributed by atoms with Gasteiger partial charge in [-0.15, -0.1) is 0 Å². The van der Waals surface area contributed by atoms with Crippen LogP contribution in [0.3, 0.4) is 0 Å². The van der Waals surface area contributed by atoms with Crippen LogP contribution in [0.25, 0.3) is 5.65 Å². The van der Waals surface area contributed by atoms with E-state index in [-0.39, 0.29) is 17.3 Å². The monoisotopic (exact) mass is 394 g/mol. The normalized spacial score (nSPS) is 11.1. The fourth-order valence-corrected chi connectivity index (χ4v) is 3.44. The van der Waals surface area contributed by atoms with E-state index in [0.29, 0.717) is 17.9 Å². The molecule has 6 nitrogen and oxygen atoms in total. The van der Waals surface area contributed by atoms with Gasteiger partial charge in [0.15, 0.2) is 0 Å². The summed E-state index contributed by atoms with van der Waals surface area (Å²) < 4.78 is 8.98. The van der Waals surface area contributed by atoms with Crippen LogP contribution in [0.5, 0.6) is 0 Å². The van der Waals surface area contributed by atoms with Crippen LogP contribution in [-0.2, 0) is 17.9 Å². The third-order valence-corrected chi connectivity index (χ3v) is 4.91. The lowest BCUT2D eigenvalue weighted by Crippen LogP contribution is -2.07. The molecule has 0 aliphatic heterocycles. The van der Waals surface area contributed by atoms with Crippen molar-refractivity contribution in [2.75, 3.05) is 0 Å². The lowest BCUT2D eigenvalue weighted by Gasteiger charge is -2.04. The molecule has 0 aliphatic rings. The first kappa shape index (κ1) is 18.3. The summed E-state index contributed by atoms with van der Waals surface area (Å²) >= 11 is 6.42. The van der Waals surface area contributed by atoms with Gasteiger partial charge in [-0.25, -0.2) is 14.5 Å². The van der Waals surface area contributed by atoms with Gasteiger partial charge in [-0.1, -0.05) is 48.0 Å². The molecule has 0 saturated heterocycles. The number of hydrogen-bond donors (Lipinski definition) is 0. The van der Waals surface area contributed by atoms with E-state index in [2.05, 4.69) is 10.1 Å². The maximum absolute atomic E-state index is 12.6. The Balaban J connectivity index is 1.50. The van der Waals surface area contributed by atoms with Gasteiger partial charge in [-0.3, -0.25) is 0 Å². The average Bonchev–Trinajstić information content (AvgIpc) is 3.22. The van der Waals surface area contributed by atoms with Crippen LogP contribution in [-0.4, -0.2) is 25.1 Å². The van der Waals surface area contributed by atoms with Crippen LogP contribution in [0, 0.1) is 13.8 Å². The summed E-state index contributed by atoms with van der Waals surface area (Å²) in [5.74, 6) is -0.504. The third kappa shape index (κ3) is 3.51. The number of benzene rings is 1. The fourth-order valence-electron chi connectivity index (χ4n) is 3.13. The molecule has 0 saturated carbocycles. The molecular formula is C21H19ClN4O2. The molecule has 0 fully saturated rings. The SMILES string of the molecule is Cc1nn(Cc2ccccc2)c(Cl)c1C(=O)OCc1cn2cccc(C)c2n1. The number of esters is 1. The van der Waals surface area contributed by atoms with Crippen LogP contribution in [0.15, 0.2) is 54.9 Å². The molecule has 142 valence electrons. The van der Waals surface area contributed by atoms with E-state index in [1.54, 1.807) is 11.6 Å². The highest BCUT2D eigenvalue weighted by Gasteiger charge is 2.22. The number of halogens is 1. The van der Waals surface area contributed by atoms with Crippen molar-refractivity contribution < 1.29 is 9.53 Å². The molecule has 28 heavy (non-hydrogen) atoms. The maximum atomic E-state index is 12.6. The van der Waals surface area contributed by atoms with Gasteiger partial charge in [0.1, 0.15) is 23.0 Å². The summed E-state index contributed by atoms with van der Waals surface area (Å²) in [6.07, 6.45) is 3.76. The molecule has 0 amide bonds. The van der Waals surface area contributed by atoms with Gasteiger partial charge in [-0.2, -0.15) is 5.10 Å². The number of ether oxygens (including phenoxy) is 1. The molecule has 7 heteroatoms. The van der Waals surface area contributed by atoms with Gasteiger partial charge in [0, 0.05) is 12.4 Å². The first-order valence-electron chi connectivity index (χ1n) is 8.90. The average molecular weight is 395 g/mol. The van der Waals surface area contributed by atoms with Gasteiger partial charge in [0.2, 0.25) is 0 Å². The lowest BCUT2D eigenvalue weighted by atomic mass is 10.2. The van der Waals surface area contributed by atoms with Crippen LogP contribution in [0.4, 0.5) is 0 Å². The van der Waals surface area contributed by atoms with Gasteiger partial charge in [0.25, 0.3) is 0 Å². The van der Waals surface area contributed by atoms with Crippen molar-refractivity contribution in [3.63, 3.8) is 0 Å². The van der Waals surface area contributed by atoms with Crippen LogP contribution >= 0.6 is 11.6 Å². The van der Waals surface area contributed by atoms with Gasteiger partial charge >= 0.3 is 5.97 Å². The molecule has 0 spiro atoms. The zero-order chi connectivity index (χ0) is 19.7. The van der Waals surface area contributed by atoms with E-state index < -0.39 is 5.97 Å². The lowest BCUT2D eigenvalue weighted by molar-refractivity contribution is 0.0467. The number of rotatable bonds is 5. The number of imidazole rings is 1. The summed E-state index contributed by atoms with van der Waals surface area (Å²) in [6.45, 7) is 4.29. The smallest absolute Gasteiger partial charge is 0.343 e. The molecule has 1 aromatic carbocycles. The summed E-state index contributed by atoms with van der Waals surface area (Å²) in [5.41, 5.74) is 4.45. The van der Waals surface area contributed by atoms with Crippen molar-refractivity contribution in [1.29, 1.82) is 0 Å². The molecule has 3 aromatic heterocycles. The summed E-state index contributed by atoms with van der Waals surface area (Å²) in [7, 11) is 0. The highest BCUT2D eigenvalue weighted by molar-refractivity contribution is 6.32. The second-order valence-corrected chi connectivity index (χ2v) is 6.98. The highest BCUT2D eigenvalue weighted by Crippen LogP contribution is 2.22. The van der Waals surface area contributed by atoms with Crippen LogP contribution in [0.2, 0.25) is 5.15 Å². The van der Waals surface area contributed by atoms with Crippen molar-refractivity contribution in [3.8, 4) is 0 Å². The Morgan fingerprint density at radius 3 is 2.68 bits per heavy atom. The Kier molecular flexibility index (Phi) is 4.88. The highest BCUT2D eigenvalue weighted by atomic mass is 35.5. The minimum atomic E-state index is -0.504. The first-order valence-corrected chi connectivity index (χ1v) is 9.28. The first-order chi connectivity index (χ1) is 13.5. The Bertz CT molecular complexity index is 1150. The van der Waals surface area contributed by atoms with E-state index in [4.69, 9.17) is 16.3 Å². The van der Waals surface area contributed by atoms with Crippen molar-refractivity contribution in [3.05, 3.63) is 88.1 Å². The zero-order valence-corrected chi connectivity index (χ0v) is 16.3. The second-order valence-electron chi connectivity index (χ2n) is 6.62. The summed E-state index contributed by atoms with van der Waals surface area (Å²) in [5, 5.41) is 4.67. The van der Waals surface area contributed by atoms with Crippen molar-refractivity contribution >= 4 is 23.2 Å². The molecule has 0 atom stereocenters. The van der Waals surface area contributed by atoms with Crippen molar-refractivity contribution in [2.24, 2.45) is 0 Å². The van der Waals surface area contributed by atoms with Crippen molar-refractivity contribution in [1.82, 2.24) is 19.2 Å². The Morgan fingerprint density at radius 2 is 1.93 bits per heavy atom. The maximum Gasteiger partial charge on any atom is 0.343 e. The molecule has 3 heterocycles. The van der Waals surface area contributed by atoms with Gasteiger partial charge < -0.3 is 9.14 Å². The van der Waals surface area contributed by atoms with E-state index in [9.17, 15) is 4.79 Å². The molecule has 0 aliphatic carbocycles. The van der Waals surface area contributed by atoms with E-state index >= 15 is 0 Å². The van der Waals surface area contributed by atoms with Gasteiger partial charge in [-0.05, 0) is 31.0 Å². The Labute approximate surface area is 167 Å². The predicted octanol–water partition coefficient (Wildman–Crippen LogP) is 4.21. The second kappa shape index (κ2) is 7.48. The number of nitrogens with zero attached hydrogens (tertiary/aromatic N) is 4. The number of carbonyl (C=O) groups is 1. The molecule has 0 bridgehead atoms. The van der Waals surface area contributed by atoms with Crippen LogP contribution in [0.1, 0.15) is 32.9 Å². The minimum Gasteiger partial charge on any atom is -0.455 e. The topological polar surface area (TPSA) is 61.4 Å². The molecule has 4 aromatic rings.